The van der Waals surface area contributed by atoms with Crippen LogP contribution in [0.1, 0.15) is 17.2 Å². The third kappa shape index (κ3) is 3.46. The van der Waals surface area contributed by atoms with Crippen molar-refractivity contribution in [3.8, 4) is 0 Å². The fourth-order valence-corrected chi connectivity index (χ4v) is 2.46. The fraction of sp³-hybridized carbons (Fsp3) is 0.154. The van der Waals surface area contributed by atoms with Crippen LogP contribution in [-0.4, -0.2) is 21.0 Å². The monoisotopic (exact) mass is 372 g/mol. The molecule has 1 atom stereocenters. The molecule has 0 fully saturated rings. The summed E-state index contributed by atoms with van der Waals surface area (Å²) >= 11 is 2.00. The van der Waals surface area contributed by atoms with Crippen molar-refractivity contribution in [3.05, 3.63) is 57.4 Å². The molecule has 98 valence electrons. The summed E-state index contributed by atoms with van der Waals surface area (Å²) < 4.78 is 13.8. The van der Waals surface area contributed by atoms with Gasteiger partial charge < -0.3 is 5.11 Å². The van der Waals surface area contributed by atoms with Gasteiger partial charge in [0.05, 0.1) is 9.26 Å². The van der Waals surface area contributed by atoms with Gasteiger partial charge in [-0.3, -0.25) is 4.79 Å². The summed E-state index contributed by atoms with van der Waals surface area (Å²) in [5.74, 6) is -2.17. The summed E-state index contributed by atoms with van der Waals surface area (Å²) in [6.07, 6.45) is 3.07. The van der Waals surface area contributed by atoms with Crippen LogP contribution < -0.4 is 0 Å². The molecule has 0 amide bonds. The predicted molar refractivity (Wildman–Crippen MR) is 75.2 cm³/mol. The topological polar surface area (TPSA) is 63.1 Å². The number of aliphatic carboxylic acids is 1. The minimum atomic E-state index is -0.985. The maximum atomic E-state index is 13.1. The Morgan fingerprint density at radius 3 is 2.89 bits per heavy atom. The minimum absolute atomic E-state index is 0.195. The maximum Gasteiger partial charge on any atom is 0.312 e. The first-order chi connectivity index (χ1) is 9.08. The summed E-state index contributed by atoms with van der Waals surface area (Å²) in [7, 11) is 0. The Bertz CT molecular complexity index is 607. The van der Waals surface area contributed by atoms with Crippen molar-refractivity contribution in [2.45, 2.75) is 12.3 Å². The van der Waals surface area contributed by atoms with Crippen LogP contribution in [0.2, 0.25) is 0 Å². The van der Waals surface area contributed by atoms with E-state index in [9.17, 15) is 14.3 Å². The number of carboxylic acids is 1. The molecule has 1 N–H and O–H groups in total. The molecule has 2 rings (SSSR count). The van der Waals surface area contributed by atoms with Crippen LogP contribution in [0.5, 0.6) is 0 Å². The molecule has 2 aromatic rings. The molecule has 0 saturated carbocycles. The van der Waals surface area contributed by atoms with Crippen LogP contribution >= 0.6 is 22.6 Å². The van der Waals surface area contributed by atoms with Crippen molar-refractivity contribution in [1.29, 1.82) is 0 Å². The van der Waals surface area contributed by atoms with E-state index in [1.165, 1.54) is 18.5 Å². The van der Waals surface area contributed by atoms with Gasteiger partial charge >= 0.3 is 5.97 Å². The van der Waals surface area contributed by atoms with Gasteiger partial charge in [-0.2, -0.15) is 0 Å². The van der Waals surface area contributed by atoms with Crippen molar-refractivity contribution >= 4 is 28.6 Å². The lowest BCUT2D eigenvalue weighted by Gasteiger charge is -2.13. The molecule has 0 spiro atoms. The van der Waals surface area contributed by atoms with E-state index in [1.807, 2.05) is 22.6 Å². The number of nitrogens with zero attached hydrogens (tertiary/aromatic N) is 2. The van der Waals surface area contributed by atoms with Crippen LogP contribution in [0.15, 0.2) is 36.8 Å². The van der Waals surface area contributed by atoms with Crippen LogP contribution in [0.4, 0.5) is 4.39 Å². The highest BCUT2D eigenvalue weighted by Gasteiger charge is 2.24. The van der Waals surface area contributed by atoms with Gasteiger partial charge in [0, 0.05) is 6.20 Å². The third-order valence-corrected chi connectivity index (χ3v) is 3.48. The van der Waals surface area contributed by atoms with Crippen LogP contribution in [0, 0.1) is 9.39 Å². The Hall–Kier alpha value is -1.57. The van der Waals surface area contributed by atoms with Crippen LogP contribution in [0.3, 0.4) is 0 Å². The van der Waals surface area contributed by atoms with E-state index in [0.29, 0.717) is 14.8 Å². The zero-order valence-electron chi connectivity index (χ0n) is 9.75. The standard InChI is InChI=1S/C13H10FIN2O2/c14-9-3-1-2-8(4-9)5-10(13(18)19)12-11(15)6-16-7-17-12/h1-4,6-7,10H,5H2,(H,18,19). The summed E-state index contributed by atoms with van der Waals surface area (Å²) in [4.78, 5) is 19.2. The molecule has 0 aliphatic rings. The average molecular weight is 372 g/mol. The van der Waals surface area contributed by atoms with Gasteiger partial charge in [-0.15, -0.1) is 0 Å². The third-order valence-electron chi connectivity index (χ3n) is 2.65. The number of hydrogen-bond donors (Lipinski definition) is 1. The highest BCUT2D eigenvalue weighted by atomic mass is 127. The van der Waals surface area contributed by atoms with Crippen molar-refractivity contribution in [3.63, 3.8) is 0 Å². The zero-order valence-corrected chi connectivity index (χ0v) is 11.9. The molecule has 19 heavy (non-hydrogen) atoms. The van der Waals surface area contributed by atoms with E-state index < -0.39 is 11.9 Å². The highest BCUT2D eigenvalue weighted by Crippen LogP contribution is 2.23. The van der Waals surface area contributed by atoms with Crippen molar-refractivity contribution < 1.29 is 14.3 Å². The van der Waals surface area contributed by atoms with Crippen LogP contribution in [0.25, 0.3) is 0 Å². The Morgan fingerprint density at radius 1 is 1.47 bits per heavy atom. The summed E-state index contributed by atoms with van der Waals surface area (Å²) in [5.41, 5.74) is 1.08. The minimum Gasteiger partial charge on any atom is -0.481 e. The number of halogens is 2. The van der Waals surface area contributed by atoms with Gasteiger partial charge in [-0.25, -0.2) is 14.4 Å². The molecule has 0 radical (unpaired) electrons. The molecule has 1 aromatic heterocycles. The molecular weight excluding hydrogens is 362 g/mol. The smallest absolute Gasteiger partial charge is 0.312 e. The number of benzene rings is 1. The fourth-order valence-electron chi connectivity index (χ4n) is 1.78. The second-order valence-electron chi connectivity index (χ2n) is 3.98. The molecule has 4 nitrogen and oxygen atoms in total. The Balaban J connectivity index is 2.32. The lowest BCUT2D eigenvalue weighted by atomic mass is 9.96. The summed E-state index contributed by atoms with van der Waals surface area (Å²) in [5, 5.41) is 9.32. The first kappa shape index (κ1) is 13.9. The number of carbonyl (C=O) groups is 1. The van der Waals surface area contributed by atoms with Gasteiger partial charge in [-0.1, -0.05) is 12.1 Å². The van der Waals surface area contributed by atoms with Gasteiger partial charge in [0.15, 0.2) is 0 Å². The van der Waals surface area contributed by atoms with E-state index in [1.54, 1.807) is 18.3 Å². The molecule has 0 bridgehead atoms. The van der Waals surface area contributed by atoms with E-state index in [0.717, 1.165) is 0 Å². The second kappa shape index (κ2) is 6.05. The molecule has 0 saturated heterocycles. The number of hydrogen-bond acceptors (Lipinski definition) is 3. The van der Waals surface area contributed by atoms with E-state index >= 15 is 0 Å². The van der Waals surface area contributed by atoms with E-state index in [-0.39, 0.29) is 12.2 Å². The van der Waals surface area contributed by atoms with Crippen molar-refractivity contribution in [1.82, 2.24) is 9.97 Å². The SMILES string of the molecule is O=C(O)C(Cc1cccc(F)c1)c1ncncc1I. The lowest BCUT2D eigenvalue weighted by Crippen LogP contribution is -2.17. The van der Waals surface area contributed by atoms with Crippen molar-refractivity contribution in [2.24, 2.45) is 0 Å². The molecule has 1 heterocycles. The lowest BCUT2D eigenvalue weighted by molar-refractivity contribution is -0.138. The largest absolute Gasteiger partial charge is 0.481 e. The van der Waals surface area contributed by atoms with Gasteiger partial charge in [-0.05, 0) is 46.7 Å². The van der Waals surface area contributed by atoms with Gasteiger partial charge in [0.1, 0.15) is 18.1 Å². The first-order valence-electron chi connectivity index (χ1n) is 5.50. The second-order valence-corrected chi connectivity index (χ2v) is 5.14. The maximum absolute atomic E-state index is 13.1. The van der Waals surface area contributed by atoms with Gasteiger partial charge in [0.25, 0.3) is 0 Å². The first-order valence-corrected chi connectivity index (χ1v) is 6.58. The van der Waals surface area contributed by atoms with Crippen LogP contribution in [-0.2, 0) is 11.2 Å². The summed E-state index contributed by atoms with van der Waals surface area (Å²) in [6, 6.07) is 5.93. The molecule has 6 heteroatoms. The highest BCUT2D eigenvalue weighted by molar-refractivity contribution is 14.1. The molecule has 1 unspecified atom stereocenters. The Morgan fingerprint density at radius 2 is 2.26 bits per heavy atom. The zero-order chi connectivity index (χ0) is 13.8. The Kier molecular flexibility index (Phi) is 4.41. The number of aromatic nitrogens is 2. The van der Waals surface area contributed by atoms with Crippen molar-refractivity contribution in [2.75, 3.05) is 0 Å². The number of rotatable bonds is 4. The molecule has 0 aliphatic carbocycles. The average Bonchev–Trinajstić information content (AvgIpc) is 2.37. The van der Waals surface area contributed by atoms with E-state index in [4.69, 9.17) is 0 Å². The molecular formula is C13H10FIN2O2. The number of carboxylic acid groups (broad SMARTS) is 1. The Labute approximate surface area is 122 Å². The molecule has 1 aromatic carbocycles. The van der Waals surface area contributed by atoms with Gasteiger partial charge in [0.2, 0.25) is 0 Å². The normalized spacial score (nSPS) is 12.1. The summed E-state index contributed by atoms with van der Waals surface area (Å²) in [6.45, 7) is 0. The predicted octanol–water partition coefficient (Wildman–Crippen LogP) is 2.63. The molecule has 0 aliphatic heterocycles. The quantitative estimate of drug-likeness (QED) is 0.839. The van der Waals surface area contributed by atoms with E-state index in [2.05, 4.69) is 9.97 Å².